The Morgan fingerprint density at radius 1 is 1.07 bits per heavy atom. The van der Waals surface area contributed by atoms with Crippen LogP contribution in [-0.2, 0) is 21.4 Å². The van der Waals surface area contributed by atoms with Gasteiger partial charge in [-0.05, 0) is 42.0 Å². The van der Waals surface area contributed by atoms with Gasteiger partial charge in [0.15, 0.2) is 0 Å². The number of aromatic nitrogens is 1. The van der Waals surface area contributed by atoms with Crippen molar-refractivity contribution in [1.82, 2.24) is 9.29 Å². The number of hydrogen-bond acceptors (Lipinski definition) is 5. The van der Waals surface area contributed by atoms with Gasteiger partial charge >= 0.3 is 0 Å². The predicted octanol–water partition coefficient (Wildman–Crippen LogP) is 4.29. The molecule has 2 aromatic carbocycles. The number of amides is 1. The lowest BCUT2D eigenvalue weighted by atomic mass is 10.2. The Morgan fingerprint density at radius 2 is 1.77 bits per heavy atom. The van der Waals surface area contributed by atoms with E-state index >= 15 is 0 Å². The third kappa shape index (κ3) is 5.82. The standard InChI is InChI=1S/C21H20ClN3O3S2/c1-25(14-16-6-3-2-4-7-16)30(27,28)18-11-9-17(10-12-18)24-20(26)15-29-21-19(22)8-5-13-23-21/h2-13H,14-15H2,1H3,(H,24,26). The van der Waals surface area contributed by atoms with Crippen LogP contribution >= 0.6 is 23.4 Å². The van der Waals surface area contributed by atoms with Crippen LogP contribution in [0.1, 0.15) is 5.56 Å². The van der Waals surface area contributed by atoms with Crippen molar-refractivity contribution >= 4 is 45.0 Å². The molecule has 1 heterocycles. The summed E-state index contributed by atoms with van der Waals surface area (Å²) < 4.78 is 26.8. The molecule has 1 aromatic heterocycles. The Balaban J connectivity index is 1.59. The maximum absolute atomic E-state index is 12.8. The van der Waals surface area contributed by atoms with Gasteiger partial charge in [-0.25, -0.2) is 13.4 Å². The lowest BCUT2D eigenvalue weighted by Gasteiger charge is -2.17. The van der Waals surface area contributed by atoms with E-state index in [4.69, 9.17) is 11.6 Å². The number of halogens is 1. The maximum Gasteiger partial charge on any atom is 0.243 e. The van der Waals surface area contributed by atoms with Crippen molar-refractivity contribution in [2.45, 2.75) is 16.5 Å². The van der Waals surface area contributed by atoms with E-state index in [9.17, 15) is 13.2 Å². The lowest BCUT2D eigenvalue weighted by Crippen LogP contribution is -2.26. The highest BCUT2D eigenvalue weighted by Crippen LogP contribution is 2.24. The number of carbonyl (C=O) groups is 1. The molecule has 3 rings (SSSR count). The molecule has 0 saturated carbocycles. The van der Waals surface area contributed by atoms with E-state index in [2.05, 4.69) is 10.3 Å². The van der Waals surface area contributed by atoms with Crippen molar-refractivity contribution in [3.05, 3.63) is 83.5 Å². The van der Waals surface area contributed by atoms with Gasteiger partial charge in [0.1, 0.15) is 5.03 Å². The minimum Gasteiger partial charge on any atom is -0.325 e. The van der Waals surface area contributed by atoms with Gasteiger partial charge in [0, 0.05) is 25.5 Å². The minimum absolute atomic E-state index is 0.136. The topological polar surface area (TPSA) is 79.4 Å². The Morgan fingerprint density at radius 3 is 2.43 bits per heavy atom. The molecule has 6 nitrogen and oxygen atoms in total. The van der Waals surface area contributed by atoms with Crippen LogP contribution in [0.15, 0.2) is 82.8 Å². The van der Waals surface area contributed by atoms with Crippen molar-refractivity contribution in [3.8, 4) is 0 Å². The number of rotatable bonds is 8. The molecule has 30 heavy (non-hydrogen) atoms. The number of benzene rings is 2. The Hall–Kier alpha value is -2.39. The molecule has 0 saturated heterocycles. The summed E-state index contributed by atoms with van der Waals surface area (Å²) in [6.07, 6.45) is 1.61. The van der Waals surface area contributed by atoms with E-state index < -0.39 is 10.0 Å². The van der Waals surface area contributed by atoms with Crippen LogP contribution in [0.5, 0.6) is 0 Å². The maximum atomic E-state index is 12.8. The summed E-state index contributed by atoms with van der Waals surface area (Å²) in [6.45, 7) is 0.273. The van der Waals surface area contributed by atoms with Crippen molar-refractivity contribution < 1.29 is 13.2 Å². The molecule has 0 unspecified atom stereocenters. The van der Waals surface area contributed by atoms with Gasteiger partial charge in [0.2, 0.25) is 15.9 Å². The number of sulfonamides is 1. The van der Waals surface area contributed by atoms with Crippen LogP contribution in [-0.4, -0.2) is 36.4 Å². The Labute approximate surface area is 185 Å². The molecule has 0 atom stereocenters. The van der Waals surface area contributed by atoms with E-state index in [1.165, 1.54) is 35.2 Å². The average molecular weight is 462 g/mol. The molecular weight excluding hydrogens is 442 g/mol. The Kier molecular flexibility index (Phi) is 7.49. The number of hydrogen-bond donors (Lipinski definition) is 1. The van der Waals surface area contributed by atoms with Crippen LogP contribution in [0.25, 0.3) is 0 Å². The highest BCUT2D eigenvalue weighted by atomic mass is 35.5. The van der Waals surface area contributed by atoms with Crippen molar-refractivity contribution in [2.75, 3.05) is 18.1 Å². The van der Waals surface area contributed by atoms with Gasteiger partial charge in [-0.15, -0.1) is 0 Å². The zero-order valence-corrected chi connectivity index (χ0v) is 18.5. The second-order valence-corrected chi connectivity index (χ2v) is 9.81. The zero-order valence-electron chi connectivity index (χ0n) is 16.2. The highest BCUT2D eigenvalue weighted by molar-refractivity contribution is 8.00. The zero-order chi connectivity index (χ0) is 21.6. The molecule has 0 radical (unpaired) electrons. The van der Waals surface area contributed by atoms with Crippen LogP contribution in [0, 0.1) is 0 Å². The van der Waals surface area contributed by atoms with E-state index in [0.29, 0.717) is 15.7 Å². The van der Waals surface area contributed by atoms with E-state index in [1.807, 2.05) is 30.3 Å². The largest absolute Gasteiger partial charge is 0.325 e. The van der Waals surface area contributed by atoms with Gasteiger partial charge in [-0.2, -0.15) is 4.31 Å². The molecule has 0 spiro atoms. The second kappa shape index (κ2) is 10.1. The van der Waals surface area contributed by atoms with Crippen molar-refractivity contribution in [3.63, 3.8) is 0 Å². The third-order valence-corrected chi connectivity index (χ3v) is 7.40. The first kappa shape index (κ1) is 22.3. The average Bonchev–Trinajstić information content (AvgIpc) is 2.74. The summed E-state index contributed by atoms with van der Waals surface area (Å²) in [6, 6.07) is 18.9. The summed E-state index contributed by atoms with van der Waals surface area (Å²) in [4.78, 5) is 16.4. The summed E-state index contributed by atoms with van der Waals surface area (Å²) in [7, 11) is -2.10. The molecule has 9 heteroatoms. The van der Waals surface area contributed by atoms with Gasteiger partial charge in [0.25, 0.3) is 0 Å². The number of pyridine rings is 1. The molecule has 0 aliphatic rings. The molecule has 0 fully saturated rings. The monoisotopic (exact) mass is 461 g/mol. The fourth-order valence-electron chi connectivity index (χ4n) is 2.62. The minimum atomic E-state index is -3.64. The first-order valence-corrected chi connectivity index (χ1v) is 11.8. The molecule has 3 aromatic rings. The van der Waals surface area contributed by atoms with Crippen molar-refractivity contribution in [1.29, 1.82) is 0 Å². The highest BCUT2D eigenvalue weighted by Gasteiger charge is 2.21. The summed E-state index contributed by atoms with van der Waals surface area (Å²) in [5, 5.41) is 3.81. The van der Waals surface area contributed by atoms with Gasteiger partial charge in [0.05, 0.1) is 15.7 Å². The Bertz CT molecular complexity index is 1110. The molecule has 0 aliphatic heterocycles. The SMILES string of the molecule is CN(Cc1ccccc1)S(=O)(=O)c1ccc(NC(=O)CSc2ncccc2Cl)cc1. The van der Waals surface area contributed by atoms with Crippen molar-refractivity contribution in [2.24, 2.45) is 0 Å². The first-order chi connectivity index (χ1) is 14.4. The lowest BCUT2D eigenvalue weighted by molar-refractivity contribution is -0.113. The molecule has 0 aliphatic carbocycles. The number of nitrogens with zero attached hydrogens (tertiary/aromatic N) is 2. The van der Waals surface area contributed by atoms with Gasteiger partial charge in [-0.1, -0.05) is 53.7 Å². The summed E-state index contributed by atoms with van der Waals surface area (Å²) >= 11 is 7.26. The van der Waals surface area contributed by atoms with Crippen LogP contribution in [0.3, 0.4) is 0 Å². The predicted molar refractivity (Wildman–Crippen MR) is 120 cm³/mol. The number of carbonyl (C=O) groups excluding carboxylic acids is 1. The fraction of sp³-hybridized carbons (Fsp3) is 0.143. The smallest absolute Gasteiger partial charge is 0.243 e. The van der Waals surface area contributed by atoms with E-state index in [1.54, 1.807) is 30.5 Å². The molecule has 1 amide bonds. The van der Waals surface area contributed by atoms with Crippen LogP contribution in [0.2, 0.25) is 5.02 Å². The second-order valence-electron chi connectivity index (χ2n) is 6.40. The van der Waals surface area contributed by atoms with E-state index in [-0.39, 0.29) is 23.1 Å². The fourth-order valence-corrected chi connectivity index (χ4v) is 4.75. The quantitative estimate of drug-likeness (QED) is 0.506. The van der Waals surface area contributed by atoms with Gasteiger partial charge in [-0.3, -0.25) is 4.79 Å². The molecule has 0 bridgehead atoms. The third-order valence-electron chi connectivity index (χ3n) is 4.16. The molecular formula is C21H20ClN3O3S2. The number of anilines is 1. The van der Waals surface area contributed by atoms with Gasteiger partial charge < -0.3 is 5.32 Å². The molecule has 156 valence electrons. The first-order valence-electron chi connectivity index (χ1n) is 9.00. The van der Waals surface area contributed by atoms with Crippen LogP contribution < -0.4 is 5.32 Å². The summed E-state index contributed by atoms with van der Waals surface area (Å²) in [5.41, 5.74) is 1.41. The van der Waals surface area contributed by atoms with Crippen LogP contribution in [0.4, 0.5) is 5.69 Å². The number of nitrogens with one attached hydrogen (secondary N) is 1. The number of thioether (sulfide) groups is 1. The molecule has 1 N–H and O–H groups in total. The van der Waals surface area contributed by atoms with E-state index in [0.717, 1.165) is 5.56 Å². The normalized spacial score (nSPS) is 11.4. The summed E-state index contributed by atoms with van der Waals surface area (Å²) in [5.74, 6) is -0.102.